The lowest BCUT2D eigenvalue weighted by Gasteiger charge is -2.21. The largest absolute Gasteiger partial charge is 0.381 e. The third-order valence-corrected chi connectivity index (χ3v) is 3.01. The second-order valence-corrected chi connectivity index (χ2v) is 4.80. The first kappa shape index (κ1) is 11.4. The Morgan fingerprint density at radius 2 is 2.21 bits per heavy atom. The zero-order chi connectivity index (χ0) is 10.8. The van der Waals surface area contributed by atoms with E-state index in [4.69, 9.17) is 17.3 Å². The Labute approximate surface area is 90.2 Å². The van der Waals surface area contributed by atoms with E-state index in [0.717, 1.165) is 19.4 Å². The second-order valence-electron chi connectivity index (χ2n) is 4.39. The number of anilines is 1. The van der Waals surface area contributed by atoms with Crippen LogP contribution >= 0.6 is 11.6 Å². The first-order valence-electron chi connectivity index (χ1n) is 4.93. The minimum atomic E-state index is 0.354. The predicted octanol–water partition coefficient (Wildman–Crippen LogP) is 2.95. The highest BCUT2D eigenvalue weighted by atomic mass is 35.5. The van der Waals surface area contributed by atoms with E-state index >= 15 is 0 Å². The fraction of sp³-hybridized carbons (Fsp3) is 0.700. The van der Waals surface area contributed by atoms with Crippen LogP contribution in [0.3, 0.4) is 0 Å². The molecule has 0 bridgehead atoms. The number of rotatable bonds is 4. The van der Waals surface area contributed by atoms with Gasteiger partial charge in [-0.2, -0.15) is 5.10 Å². The van der Waals surface area contributed by atoms with Crippen LogP contribution in [0, 0.1) is 5.41 Å². The fourth-order valence-electron chi connectivity index (χ4n) is 1.12. The third kappa shape index (κ3) is 2.91. The molecule has 1 heterocycles. The number of hydrogen-bond donors (Lipinski definition) is 1. The van der Waals surface area contributed by atoms with Crippen molar-refractivity contribution < 1.29 is 0 Å². The van der Waals surface area contributed by atoms with Crippen molar-refractivity contribution in [2.45, 2.75) is 40.2 Å². The maximum atomic E-state index is 5.80. The van der Waals surface area contributed by atoms with E-state index in [1.54, 1.807) is 6.20 Å². The molecule has 0 spiro atoms. The van der Waals surface area contributed by atoms with Gasteiger partial charge in [0.2, 0.25) is 0 Å². The molecule has 3 nitrogen and oxygen atoms in total. The highest BCUT2D eigenvalue weighted by Gasteiger charge is 2.15. The van der Waals surface area contributed by atoms with Gasteiger partial charge in [0.15, 0.2) is 5.82 Å². The molecular formula is C10H18ClN3. The van der Waals surface area contributed by atoms with Gasteiger partial charge in [0, 0.05) is 12.7 Å². The molecular weight excluding hydrogens is 198 g/mol. The van der Waals surface area contributed by atoms with E-state index < -0.39 is 0 Å². The number of nitrogens with zero attached hydrogens (tertiary/aromatic N) is 2. The molecule has 0 fully saturated rings. The minimum absolute atomic E-state index is 0.354. The van der Waals surface area contributed by atoms with Gasteiger partial charge >= 0.3 is 0 Å². The fourth-order valence-corrected chi connectivity index (χ4v) is 1.27. The van der Waals surface area contributed by atoms with E-state index in [1.165, 1.54) is 0 Å². The van der Waals surface area contributed by atoms with Crippen molar-refractivity contribution in [3.63, 3.8) is 0 Å². The van der Waals surface area contributed by atoms with E-state index in [0.29, 0.717) is 16.3 Å². The van der Waals surface area contributed by atoms with Crippen molar-refractivity contribution in [2.75, 3.05) is 5.73 Å². The van der Waals surface area contributed by atoms with E-state index in [2.05, 4.69) is 25.9 Å². The molecule has 0 aromatic carbocycles. The number of nitrogen functional groups attached to an aromatic ring is 1. The molecule has 1 aromatic heterocycles. The van der Waals surface area contributed by atoms with Crippen molar-refractivity contribution in [1.82, 2.24) is 9.78 Å². The van der Waals surface area contributed by atoms with Crippen LogP contribution in [0.15, 0.2) is 6.20 Å². The second kappa shape index (κ2) is 4.22. The molecule has 0 atom stereocenters. The Morgan fingerprint density at radius 1 is 1.57 bits per heavy atom. The van der Waals surface area contributed by atoms with E-state index in [1.807, 2.05) is 4.68 Å². The maximum Gasteiger partial charge on any atom is 0.164 e. The van der Waals surface area contributed by atoms with E-state index in [-0.39, 0.29) is 0 Å². The molecule has 1 rings (SSSR count). The quantitative estimate of drug-likeness (QED) is 0.840. The summed E-state index contributed by atoms with van der Waals surface area (Å²) < 4.78 is 1.81. The Morgan fingerprint density at radius 3 is 2.64 bits per heavy atom. The van der Waals surface area contributed by atoms with Gasteiger partial charge in [-0.1, -0.05) is 38.8 Å². The standard InChI is InChI=1S/C10H18ClN3/c1-4-10(2,3)5-6-14-7-8(11)9(12)13-14/h7H,4-6H2,1-3H3,(H2,12,13). The molecule has 0 saturated carbocycles. The van der Waals surface area contributed by atoms with Crippen LogP contribution in [0.4, 0.5) is 5.82 Å². The summed E-state index contributed by atoms with van der Waals surface area (Å²) in [6.07, 6.45) is 4.03. The monoisotopic (exact) mass is 215 g/mol. The topological polar surface area (TPSA) is 43.8 Å². The number of hydrogen-bond acceptors (Lipinski definition) is 2. The lowest BCUT2D eigenvalue weighted by Crippen LogP contribution is -2.14. The SMILES string of the molecule is CCC(C)(C)CCn1cc(Cl)c(N)n1. The van der Waals surface area contributed by atoms with Crippen LogP contribution < -0.4 is 5.73 Å². The van der Waals surface area contributed by atoms with Gasteiger partial charge in [0.25, 0.3) is 0 Å². The van der Waals surface area contributed by atoms with Crippen molar-refractivity contribution in [3.05, 3.63) is 11.2 Å². The molecule has 1 aromatic rings. The van der Waals surface area contributed by atoms with Gasteiger partial charge in [-0.25, -0.2) is 0 Å². The Hall–Kier alpha value is -0.700. The van der Waals surface area contributed by atoms with Crippen molar-refractivity contribution >= 4 is 17.4 Å². The van der Waals surface area contributed by atoms with Gasteiger partial charge in [-0.3, -0.25) is 4.68 Å². The summed E-state index contributed by atoms with van der Waals surface area (Å²) in [4.78, 5) is 0. The molecule has 80 valence electrons. The van der Waals surface area contributed by atoms with Gasteiger partial charge < -0.3 is 5.73 Å². The summed E-state index contributed by atoms with van der Waals surface area (Å²) in [6, 6.07) is 0. The highest BCUT2D eigenvalue weighted by Crippen LogP contribution is 2.25. The van der Waals surface area contributed by atoms with Crippen LogP contribution in [-0.4, -0.2) is 9.78 Å². The number of halogens is 1. The Kier molecular flexibility index (Phi) is 3.43. The minimum Gasteiger partial charge on any atom is -0.381 e. The van der Waals surface area contributed by atoms with Crippen molar-refractivity contribution in [1.29, 1.82) is 0 Å². The molecule has 0 radical (unpaired) electrons. The molecule has 0 amide bonds. The Balaban J connectivity index is 2.54. The van der Waals surface area contributed by atoms with Crippen LogP contribution in [0.2, 0.25) is 5.02 Å². The number of aromatic nitrogens is 2. The molecule has 2 N–H and O–H groups in total. The molecule has 0 aliphatic rings. The van der Waals surface area contributed by atoms with Gasteiger partial charge in [0.1, 0.15) is 5.02 Å². The summed E-state index contributed by atoms with van der Waals surface area (Å²) in [5, 5.41) is 4.65. The van der Waals surface area contributed by atoms with Crippen LogP contribution in [0.25, 0.3) is 0 Å². The Bertz CT molecular complexity index is 285. The summed E-state index contributed by atoms with van der Waals surface area (Å²) in [5.74, 6) is 0.418. The van der Waals surface area contributed by atoms with Gasteiger partial charge in [-0.05, 0) is 11.8 Å². The molecule has 4 heteroatoms. The third-order valence-electron chi connectivity index (χ3n) is 2.72. The average Bonchev–Trinajstić information content (AvgIpc) is 2.44. The number of aryl methyl sites for hydroxylation is 1. The smallest absolute Gasteiger partial charge is 0.164 e. The van der Waals surface area contributed by atoms with Crippen LogP contribution in [0.1, 0.15) is 33.6 Å². The summed E-state index contributed by atoms with van der Waals surface area (Å²) in [7, 11) is 0. The predicted molar refractivity (Wildman–Crippen MR) is 60.3 cm³/mol. The summed E-state index contributed by atoms with van der Waals surface area (Å²) in [6.45, 7) is 7.57. The molecule has 0 aliphatic heterocycles. The van der Waals surface area contributed by atoms with Gasteiger partial charge in [0.05, 0.1) is 0 Å². The van der Waals surface area contributed by atoms with Crippen LogP contribution in [-0.2, 0) is 6.54 Å². The maximum absolute atomic E-state index is 5.80. The normalized spacial score (nSPS) is 12.0. The number of nitrogens with two attached hydrogens (primary N) is 1. The van der Waals surface area contributed by atoms with Crippen molar-refractivity contribution in [2.24, 2.45) is 5.41 Å². The molecule has 0 aliphatic carbocycles. The molecule has 0 saturated heterocycles. The first-order chi connectivity index (χ1) is 6.44. The summed E-state index contributed by atoms with van der Waals surface area (Å²) >= 11 is 5.80. The average molecular weight is 216 g/mol. The van der Waals surface area contributed by atoms with E-state index in [9.17, 15) is 0 Å². The first-order valence-corrected chi connectivity index (χ1v) is 5.31. The van der Waals surface area contributed by atoms with Gasteiger partial charge in [-0.15, -0.1) is 0 Å². The molecule has 14 heavy (non-hydrogen) atoms. The summed E-state index contributed by atoms with van der Waals surface area (Å²) in [5.41, 5.74) is 5.90. The molecule has 0 unspecified atom stereocenters. The zero-order valence-electron chi connectivity index (χ0n) is 9.05. The lowest BCUT2D eigenvalue weighted by atomic mass is 9.87. The highest BCUT2D eigenvalue weighted by molar-refractivity contribution is 6.32. The van der Waals surface area contributed by atoms with Crippen LogP contribution in [0.5, 0.6) is 0 Å². The zero-order valence-corrected chi connectivity index (χ0v) is 9.80. The van der Waals surface area contributed by atoms with Crippen molar-refractivity contribution in [3.8, 4) is 0 Å². The lowest BCUT2D eigenvalue weighted by molar-refractivity contribution is 0.295.